The smallest absolute Gasteiger partial charge is 0.184 e. The van der Waals surface area contributed by atoms with Gasteiger partial charge in [-0.1, -0.05) is 6.07 Å². The highest BCUT2D eigenvalue weighted by molar-refractivity contribution is 7.71. The molecule has 3 aromatic rings. The predicted molar refractivity (Wildman–Crippen MR) is 75.6 cm³/mol. The Labute approximate surface area is 118 Å². The minimum Gasteiger partial charge on any atom is -0.329 e. The van der Waals surface area contributed by atoms with Gasteiger partial charge in [0.2, 0.25) is 0 Å². The Kier molecular flexibility index (Phi) is 2.90. The lowest BCUT2D eigenvalue weighted by atomic mass is 10.2. The molecule has 0 bridgehead atoms. The molecule has 0 amide bonds. The average Bonchev–Trinajstić information content (AvgIpc) is 2.71. The molecule has 0 saturated heterocycles. The van der Waals surface area contributed by atoms with E-state index in [4.69, 9.17) is 12.2 Å². The quantitative estimate of drug-likeness (QED) is 0.688. The Morgan fingerprint density at radius 2 is 1.90 bits per heavy atom. The summed E-state index contributed by atoms with van der Waals surface area (Å²) < 4.78 is 29.8. The summed E-state index contributed by atoms with van der Waals surface area (Å²) in [4.78, 5) is 7.23. The number of aryl methyl sites for hydroxylation is 2. The first-order chi connectivity index (χ1) is 9.49. The number of nitrogens with zero attached hydrogens (tertiary/aromatic N) is 2. The van der Waals surface area contributed by atoms with E-state index in [1.165, 1.54) is 16.7 Å². The molecule has 2 aromatic heterocycles. The molecule has 0 spiro atoms. The fourth-order valence-electron chi connectivity index (χ4n) is 2.13. The molecule has 1 N–H and O–H groups in total. The molecule has 3 nitrogen and oxygen atoms in total. The van der Waals surface area contributed by atoms with Gasteiger partial charge in [0, 0.05) is 5.69 Å². The highest BCUT2D eigenvalue weighted by atomic mass is 32.1. The summed E-state index contributed by atoms with van der Waals surface area (Å²) in [7, 11) is 0. The number of fused-ring (bicyclic) bond motifs is 1. The van der Waals surface area contributed by atoms with E-state index >= 15 is 0 Å². The largest absolute Gasteiger partial charge is 0.329 e. The molecule has 6 heteroatoms. The zero-order valence-corrected chi connectivity index (χ0v) is 11.7. The van der Waals surface area contributed by atoms with Crippen molar-refractivity contribution in [1.29, 1.82) is 0 Å². The second-order valence-corrected chi connectivity index (χ2v) is 5.00. The van der Waals surface area contributed by atoms with E-state index < -0.39 is 11.6 Å². The molecule has 3 rings (SSSR count). The molecule has 0 radical (unpaired) electrons. The summed E-state index contributed by atoms with van der Waals surface area (Å²) in [6.45, 7) is 3.39. The standard InChI is InChI=1S/C14H11F2N3S/c1-7-3-5-9(15)12(11(7)16)19-13-10(18-14(19)20)6-4-8(2)17-13/h3-6H,1-2H3,(H,18,20). The van der Waals surface area contributed by atoms with Crippen molar-refractivity contribution in [3.63, 3.8) is 0 Å². The maximum Gasteiger partial charge on any atom is 0.184 e. The Balaban J connectivity index is 2.47. The topological polar surface area (TPSA) is 33.6 Å². The highest BCUT2D eigenvalue weighted by Crippen LogP contribution is 2.25. The second-order valence-electron chi connectivity index (χ2n) is 4.62. The fraction of sp³-hybridized carbons (Fsp3) is 0.143. The zero-order valence-electron chi connectivity index (χ0n) is 10.9. The molecule has 0 unspecified atom stereocenters. The Hall–Kier alpha value is -2.08. The summed E-state index contributed by atoms with van der Waals surface area (Å²) in [6.07, 6.45) is 0. The summed E-state index contributed by atoms with van der Waals surface area (Å²) in [6, 6.07) is 6.21. The molecular weight excluding hydrogens is 280 g/mol. The molecule has 1 aromatic carbocycles. The molecule has 0 fully saturated rings. The highest BCUT2D eigenvalue weighted by Gasteiger charge is 2.18. The molecule has 0 atom stereocenters. The summed E-state index contributed by atoms with van der Waals surface area (Å²) in [5.74, 6) is -1.31. The van der Waals surface area contributed by atoms with Crippen molar-refractivity contribution in [3.05, 3.63) is 51.9 Å². The summed E-state index contributed by atoms with van der Waals surface area (Å²) in [5.41, 5.74) is 1.96. The van der Waals surface area contributed by atoms with E-state index in [0.717, 1.165) is 5.69 Å². The third kappa shape index (κ3) is 1.84. The first-order valence-corrected chi connectivity index (χ1v) is 6.43. The van der Waals surface area contributed by atoms with Gasteiger partial charge >= 0.3 is 0 Å². The normalized spacial score (nSPS) is 11.2. The number of hydrogen-bond donors (Lipinski definition) is 1. The van der Waals surface area contributed by atoms with Crippen LogP contribution in [0.3, 0.4) is 0 Å². The lowest BCUT2D eigenvalue weighted by Crippen LogP contribution is -2.04. The SMILES string of the molecule is Cc1ccc2[nH]c(=S)n(-c3c(F)ccc(C)c3F)c2n1. The van der Waals surface area contributed by atoms with Gasteiger partial charge < -0.3 is 4.98 Å². The van der Waals surface area contributed by atoms with E-state index in [2.05, 4.69) is 9.97 Å². The van der Waals surface area contributed by atoms with Crippen LogP contribution in [0, 0.1) is 30.3 Å². The van der Waals surface area contributed by atoms with Crippen LogP contribution in [-0.2, 0) is 0 Å². The first kappa shape index (κ1) is 12.9. The second kappa shape index (κ2) is 4.49. The zero-order chi connectivity index (χ0) is 14.4. The van der Waals surface area contributed by atoms with E-state index in [9.17, 15) is 8.78 Å². The van der Waals surface area contributed by atoms with Crippen molar-refractivity contribution >= 4 is 23.4 Å². The van der Waals surface area contributed by atoms with Gasteiger partial charge in [-0.05, 0) is 49.8 Å². The van der Waals surface area contributed by atoms with Crippen LogP contribution in [-0.4, -0.2) is 14.5 Å². The molecular formula is C14H11F2N3S. The van der Waals surface area contributed by atoms with Crippen LogP contribution in [0.1, 0.15) is 11.3 Å². The van der Waals surface area contributed by atoms with Crippen LogP contribution in [0.5, 0.6) is 0 Å². The summed E-state index contributed by atoms with van der Waals surface area (Å²) >= 11 is 5.17. The molecule has 2 heterocycles. The number of hydrogen-bond acceptors (Lipinski definition) is 2. The number of imidazole rings is 1. The minimum absolute atomic E-state index is 0.195. The third-order valence-electron chi connectivity index (χ3n) is 3.15. The number of pyridine rings is 1. The lowest BCUT2D eigenvalue weighted by molar-refractivity contribution is 0.564. The van der Waals surface area contributed by atoms with Crippen LogP contribution >= 0.6 is 12.2 Å². The molecule has 102 valence electrons. The van der Waals surface area contributed by atoms with Crippen molar-refractivity contribution in [2.24, 2.45) is 0 Å². The van der Waals surface area contributed by atoms with E-state index in [-0.39, 0.29) is 10.5 Å². The Bertz CT molecular complexity index is 880. The number of halogens is 2. The van der Waals surface area contributed by atoms with Crippen LogP contribution in [0.4, 0.5) is 8.78 Å². The third-order valence-corrected chi connectivity index (χ3v) is 3.44. The van der Waals surface area contributed by atoms with Crippen LogP contribution in [0.2, 0.25) is 0 Å². The minimum atomic E-state index is -0.673. The van der Waals surface area contributed by atoms with Gasteiger partial charge in [-0.15, -0.1) is 0 Å². The van der Waals surface area contributed by atoms with Crippen molar-refractivity contribution in [2.75, 3.05) is 0 Å². The molecule has 0 aliphatic rings. The monoisotopic (exact) mass is 291 g/mol. The van der Waals surface area contributed by atoms with Gasteiger partial charge in [-0.25, -0.2) is 13.8 Å². The number of aromatic nitrogens is 3. The van der Waals surface area contributed by atoms with Gasteiger partial charge in [0.1, 0.15) is 11.5 Å². The van der Waals surface area contributed by atoms with Crippen molar-refractivity contribution < 1.29 is 8.78 Å². The fourth-order valence-corrected chi connectivity index (χ4v) is 2.42. The number of H-pyrrole nitrogens is 1. The van der Waals surface area contributed by atoms with Crippen LogP contribution in [0.25, 0.3) is 16.9 Å². The van der Waals surface area contributed by atoms with E-state index in [1.54, 1.807) is 19.1 Å². The first-order valence-electron chi connectivity index (χ1n) is 6.02. The number of rotatable bonds is 1. The molecule has 0 saturated carbocycles. The molecule has 20 heavy (non-hydrogen) atoms. The number of benzene rings is 1. The summed E-state index contributed by atoms with van der Waals surface area (Å²) in [5, 5.41) is 0. The molecule has 0 aliphatic carbocycles. The van der Waals surface area contributed by atoms with Crippen molar-refractivity contribution in [2.45, 2.75) is 13.8 Å². The average molecular weight is 291 g/mol. The lowest BCUT2D eigenvalue weighted by Gasteiger charge is -2.09. The van der Waals surface area contributed by atoms with Gasteiger partial charge in [-0.3, -0.25) is 4.57 Å². The number of aromatic amines is 1. The van der Waals surface area contributed by atoms with E-state index in [1.807, 2.05) is 6.92 Å². The van der Waals surface area contributed by atoms with Crippen LogP contribution in [0.15, 0.2) is 24.3 Å². The van der Waals surface area contributed by atoms with Gasteiger partial charge in [0.25, 0.3) is 0 Å². The Morgan fingerprint density at radius 3 is 2.65 bits per heavy atom. The maximum atomic E-state index is 14.3. The maximum absolute atomic E-state index is 14.3. The van der Waals surface area contributed by atoms with Crippen molar-refractivity contribution in [1.82, 2.24) is 14.5 Å². The Morgan fingerprint density at radius 1 is 1.15 bits per heavy atom. The van der Waals surface area contributed by atoms with Gasteiger partial charge in [0.15, 0.2) is 16.2 Å². The number of nitrogens with one attached hydrogen (secondary N) is 1. The van der Waals surface area contributed by atoms with Crippen LogP contribution < -0.4 is 0 Å². The molecule has 0 aliphatic heterocycles. The van der Waals surface area contributed by atoms with Gasteiger partial charge in [-0.2, -0.15) is 0 Å². The van der Waals surface area contributed by atoms with E-state index in [0.29, 0.717) is 16.7 Å². The van der Waals surface area contributed by atoms with Gasteiger partial charge in [0.05, 0.1) is 5.52 Å². The predicted octanol–water partition coefficient (Wildman–Crippen LogP) is 3.98. The van der Waals surface area contributed by atoms with Crippen molar-refractivity contribution in [3.8, 4) is 5.69 Å².